The van der Waals surface area contributed by atoms with Crippen LogP contribution in [0.25, 0.3) is 11.1 Å². The predicted octanol–water partition coefficient (Wildman–Crippen LogP) is 2.24. The van der Waals surface area contributed by atoms with E-state index in [0.717, 1.165) is 6.26 Å². The van der Waals surface area contributed by atoms with E-state index in [9.17, 15) is 35.9 Å². The molecule has 170 valence electrons. The van der Waals surface area contributed by atoms with Gasteiger partial charge in [0, 0.05) is 11.8 Å². The number of aliphatic hydroxyl groups is 1. The average molecular weight is 463 g/mol. The number of pyridine rings is 1. The summed E-state index contributed by atoms with van der Waals surface area (Å²) in [6.45, 7) is -1.21. The summed E-state index contributed by atoms with van der Waals surface area (Å²) >= 11 is 0. The standard InChI is InChI=1S/C19H21F4N3O4S/c1-31(29,30)25-11-15-7-6-14(10-24-15)12-2-4-13(5-3-12)18(28)16(9-20)26-17(27)8-19(21,22)23/h2-7,10,16,18,25,28H,8-9,11H2,1H3,(H,26,27)/t16-,18-/m1/s1. The number of rotatable bonds is 9. The van der Waals surface area contributed by atoms with Crippen molar-refractivity contribution in [3.63, 3.8) is 0 Å². The lowest BCUT2D eigenvalue weighted by Crippen LogP contribution is -2.42. The van der Waals surface area contributed by atoms with Crippen LogP contribution >= 0.6 is 0 Å². The summed E-state index contributed by atoms with van der Waals surface area (Å²) in [5.74, 6) is -1.43. The van der Waals surface area contributed by atoms with Crippen molar-refractivity contribution in [3.8, 4) is 11.1 Å². The van der Waals surface area contributed by atoms with Crippen LogP contribution in [0.5, 0.6) is 0 Å². The fraction of sp³-hybridized carbons (Fsp3) is 0.368. The number of nitrogens with zero attached hydrogens (tertiary/aromatic N) is 1. The molecule has 3 N–H and O–H groups in total. The second kappa shape index (κ2) is 10.2. The molecule has 1 amide bonds. The highest BCUT2D eigenvalue weighted by atomic mass is 32.2. The van der Waals surface area contributed by atoms with Gasteiger partial charge in [-0.25, -0.2) is 17.5 Å². The maximum Gasteiger partial charge on any atom is 0.397 e. The van der Waals surface area contributed by atoms with E-state index >= 15 is 0 Å². The molecule has 0 saturated carbocycles. The first-order valence-electron chi connectivity index (χ1n) is 8.98. The Hall–Kier alpha value is -2.57. The molecule has 2 aromatic rings. The van der Waals surface area contributed by atoms with Crippen LogP contribution in [0.4, 0.5) is 17.6 Å². The summed E-state index contributed by atoms with van der Waals surface area (Å²) in [7, 11) is -3.35. The van der Waals surface area contributed by atoms with E-state index in [-0.39, 0.29) is 12.1 Å². The molecule has 0 radical (unpaired) electrons. The Bertz CT molecular complexity index is 981. The van der Waals surface area contributed by atoms with Crippen molar-refractivity contribution in [1.29, 1.82) is 0 Å². The third kappa shape index (κ3) is 8.23. The first-order valence-corrected chi connectivity index (χ1v) is 10.9. The monoisotopic (exact) mass is 463 g/mol. The number of alkyl halides is 4. The fourth-order valence-corrected chi connectivity index (χ4v) is 3.06. The normalized spacial score (nSPS) is 14.1. The molecule has 1 aromatic heterocycles. The van der Waals surface area contributed by atoms with Gasteiger partial charge in [0.2, 0.25) is 15.9 Å². The van der Waals surface area contributed by atoms with Crippen molar-refractivity contribution in [2.75, 3.05) is 12.9 Å². The molecular formula is C19H21F4N3O4S. The zero-order valence-electron chi connectivity index (χ0n) is 16.4. The summed E-state index contributed by atoms with van der Waals surface area (Å²) in [5.41, 5.74) is 2.08. The minimum atomic E-state index is -4.73. The number of carbonyl (C=O) groups excluding carboxylic acids is 1. The van der Waals surface area contributed by atoms with Gasteiger partial charge >= 0.3 is 6.18 Å². The van der Waals surface area contributed by atoms with Gasteiger partial charge in [-0.15, -0.1) is 0 Å². The number of carbonyl (C=O) groups is 1. The SMILES string of the molecule is CS(=O)(=O)NCc1ccc(-c2ccc([C@@H](O)[C@@H](CF)NC(=O)CC(F)(F)F)cc2)cn1. The molecule has 2 atom stereocenters. The van der Waals surface area contributed by atoms with Crippen LogP contribution < -0.4 is 10.0 Å². The van der Waals surface area contributed by atoms with Crippen molar-refractivity contribution in [2.24, 2.45) is 0 Å². The van der Waals surface area contributed by atoms with Gasteiger partial charge < -0.3 is 10.4 Å². The molecule has 0 aliphatic carbocycles. The fourth-order valence-electron chi connectivity index (χ4n) is 2.65. The number of aliphatic hydroxyl groups excluding tert-OH is 1. The largest absolute Gasteiger partial charge is 0.397 e. The predicted molar refractivity (Wildman–Crippen MR) is 105 cm³/mol. The van der Waals surface area contributed by atoms with Gasteiger partial charge in [0.25, 0.3) is 0 Å². The maximum absolute atomic E-state index is 13.2. The third-order valence-corrected chi connectivity index (χ3v) is 4.85. The van der Waals surface area contributed by atoms with Crippen LogP contribution in [0, 0.1) is 0 Å². The first kappa shape index (κ1) is 24.7. The van der Waals surface area contributed by atoms with Crippen molar-refractivity contribution in [3.05, 3.63) is 53.9 Å². The molecule has 0 saturated heterocycles. The van der Waals surface area contributed by atoms with Gasteiger partial charge in [0.1, 0.15) is 19.2 Å². The Kier molecular flexibility index (Phi) is 8.09. The molecule has 0 aliphatic heterocycles. The number of aromatic nitrogens is 1. The van der Waals surface area contributed by atoms with Crippen LogP contribution in [0.3, 0.4) is 0 Å². The lowest BCUT2D eigenvalue weighted by molar-refractivity contribution is -0.154. The molecule has 31 heavy (non-hydrogen) atoms. The highest BCUT2D eigenvalue weighted by Gasteiger charge is 2.33. The first-order chi connectivity index (χ1) is 14.4. The van der Waals surface area contributed by atoms with Gasteiger partial charge in [-0.3, -0.25) is 9.78 Å². The number of amides is 1. The summed E-state index contributed by atoms with van der Waals surface area (Å²) in [4.78, 5) is 15.5. The molecule has 0 unspecified atom stereocenters. The average Bonchev–Trinajstić information content (AvgIpc) is 2.68. The zero-order chi connectivity index (χ0) is 23.2. The lowest BCUT2D eigenvalue weighted by Gasteiger charge is -2.22. The van der Waals surface area contributed by atoms with E-state index in [1.165, 1.54) is 18.3 Å². The highest BCUT2D eigenvalue weighted by Crippen LogP contribution is 2.24. The number of sulfonamides is 1. The van der Waals surface area contributed by atoms with E-state index in [1.54, 1.807) is 24.3 Å². The van der Waals surface area contributed by atoms with Gasteiger partial charge in [0.15, 0.2) is 0 Å². The Morgan fingerprint density at radius 1 is 1.13 bits per heavy atom. The summed E-state index contributed by atoms with van der Waals surface area (Å²) < 4.78 is 74.5. The molecule has 1 heterocycles. The number of hydrogen-bond donors (Lipinski definition) is 3. The number of halogens is 4. The number of nitrogens with one attached hydrogen (secondary N) is 2. The second-order valence-electron chi connectivity index (χ2n) is 6.82. The Labute approximate surface area is 176 Å². The van der Waals surface area contributed by atoms with E-state index in [2.05, 4.69) is 9.71 Å². The second-order valence-corrected chi connectivity index (χ2v) is 8.65. The van der Waals surface area contributed by atoms with Crippen LogP contribution in [0.15, 0.2) is 42.6 Å². The van der Waals surface area contributed by atoms with Crippen molar-refractivity contribution < 1.29 is 35.9 Å². The molecule has 1 aromatic carbocycles. The van der Waals surface area contributed by atoms with Gasteiger partial charge in [-0.2, -0.15) is 13.2 Å². The van der Waals surface area contributed by atoms with E-state index < -0.39 is 47.3 Å². The topological polar surface area (TPSA) is 108 Å². The molecule has 0 spiro atoms. The maximum atomic E-state index is 13.2. The van der Waals surface area contributed by atoms with E-state index in [4.69, 9.17) is 0 Å². The molecule has 0 bridgehead atoms. The van der Waals surface area contributed by atoms with E-state index in [0.29, 0.717) is 16.8 Å². The van der Waals surface area contributed by atoms with Gasteiger partial charge in [-0.1, -0.05) is 30.3 Å². The molecule has 7 nitrogen and oxygen atoms in total. The lowest BCUT2D eigenvalue weighted by atomic mass is 9.99. The van der Waals surface area contributed by atoms with Crippen LogP contribution in [-0.2, 0) is 21.4 Å². The highest BCUT2D eigenvalue weighted by molar-refractivity contribution is 7.88. The molecular weight excluding hydrogens is 442 g/mol. The van der Waals surface area contributed by atoms with Crippen LogP contribution in [-0.4, -0.2) is 49.6 Å². The van der Waals surface area contributed by atoms with Crippen LogP contribution in [0.1, 0.15) is 23.8 Å². The zero-order valence-corrected chi connectivity index (χ0v) is 17.2. The van der Waals surface area contributed by atoms with E-state index in [1.807, 2.05) is 5.32 Å². The van der Waals surface area contributed by atoms with Crippen molar-refractivity contribution in [2.45, 2.75) is 31.3 Å². The number of benzene rings is 1. The van der Waals surface area contributed by atoms with Gasteiger partial charge in [0.05, 0.1) is 24.5 Å². The summed E-state index contributed by atoms with van der Waals surface area (Å²) in [6.07, 6.45) is -5.49. The van der Waals surface area contributed by atoms with Crippen molar-refractivity contribution in [1.82, 2.24) is 15.0 Å². The molecule has 2 rings (SSSR count). The summed E-state index contributed by atoms with van der Waals surface area (Å²) in [6, 6.07) is 7.91. The molecule has 0 fully saturated rings. The smallest absolute Gasteiger partial charge is 0.386 e. The third-order valence-electron chi connectivity index (χ3n) is 4.18. The number of hydrogen-bond acceptors (Lipinski definition) is 5. The Morgan fingerprint density at radius 3 is 2.23 bits per heavy atom. The Morgan fingerprint density at radius 2 is 1.74 bits per heavy atom. The molecule has 12 heteroatoms. The minimum absolute atomic E-state index is 0.0366. The molecule has 0 aliphatic rings. The Balaban J connectivity index is 2.05. The van der Waals surface area contributed by atoms with Crippen LogP contribution in [0.2, 0.25) is 0 Å². The minimum Gasteiger partial charge on any atom is -0.386 e. The summed E-state index contributed by atoms with van der Waals surface area (Å²) in [5, 5.41) is 12.1. The van der Waals surface area contributed by atoms with Crippen molar-refractivity contribution >= 4 is 15.9 Å². The van der Waals surface area contributed by atoms with Gasteiger partial charge in [-0.05, 0) is 17.2 Å². The quantitative estimate of drug-likeness (QED) is 0.495.